The second kappa shape index (κ2) is 8.56. The molecule has 4 nitrogen and oxygen atoms in total. The summed E-state index contributed by atoms with van der Waals surface area (Å²) in [4.78, 5) is 0. The summed E-state index contributed by atoms with van der Waals surface area (Å²) < 4.78 is 72.4. The van der Waals surface area contributed by atoms with E-state index in [4.69, 9.17) is 0 Å². The Bertz CT molecular complexity index is 1270. The average Bonchev–Trinajstić information content (AvgIpc) is 3.34. The smallest absolute Gasteiger partial charge is 0.309 e. The van der Waals surface area contributed by atoms with Gasteiger partial charge in [-0.1, -0.05) is 17.9 Å². The third-order valence-electron chi connectivity index (χ3n) is 5.17. The molecule has 1 aromatic heterocycles. The highest BCUT2D eigenvalue weighted by molar-refractivity contribution is 5.47. The summed E-state index contributed by atoms with van der Waals surface area (Å²) in [5.41, 5.74) is -3.62. The quantitative estimate of drug-likeness (QED) is 0.407. The van der Waals surface area contributed by atoms with Gasteiger partial charge >= 0.3 is 5.92 Å². The minimum atomic E-state index is -4.03. The molecule has 3 aromatic rings. The van der Waals surface area contributed by atoms with Gasteiger partial charge in [-0.25, -0.2) is 13.2 Å². The van der Waals surface area contributed by atoms with Crippen molar-refractivity contribution in [1.29, 1.82) is 0 Å². The zero-order valence-corrected chi connectivity index (χ0v) is 16.8. The molecule has 0 saturated carbocycles. The van der Waals surface area contributed by atoms with E-state index in [1.54, 1.807) is 0 Å². The van der Waals surface area contributed by atoms with Gasteiger partial charge < -0.3 is 10.4 Å². The van der Waals surface area contributed by atoms with E-state index in [2.05, 4.69) is 27.4 Å². The molecule has 0 bridgehead atoms. The van der Waals surface area contributed by atoms with Crippen LogP contribution in [0.25, 0.3) is 0 Å². The minimum absolute atomic E-state index is 0.351. The lowest BCUT2D eigenvalue weighted by Gasteiger charge is -2.39. The molecular formula is C24H16F5N3O. The number of aromatic amines is 1. The van der Waals surface area contributed by atoms with Crippen molar-refractivity contribution in [3.8, 4) is 11.8 Å². The number of halogens is 5. The van der Waals surface area contributed by atoms with Crippen molar-refractivity contribution >= 4 is 0 Å². The Kier molecular flexibility index (Phi) is 5.78. The van der Waals surface area contributed by atoms with Crippen LogP contribution in [0.3, 0.4) is 0 Å². The van der Waals surface area contributed by atoms with Gasteiger partial charge in [0.15, 0.2) is 0 Å². The van der Waals surface area contributed by atoms with Gasteiger partial charge in [0.1, 0.15) is 23.5 Å². The molecule has 2 unspecified atom stereocenters. The number of nitrogens with zero attached hydrogens (tertiary/aromatic N) is 1. The van der Waals surface area contributed by atoms with E-state index in [-0.39, 0.29) is 0 Å². The number of rotatable bonds is 4. The first kappa shape index (κ1) is 22.3. The molecule has 2 heterocycles. The second-order valence-corrected chi connectivity index (χ2v) is 7.29. The molecule has 1 aliphatic rings. The van der Waals surface area contributed by atoms with Crippen molar-refractivity contribution in [1.82, 2.24) is 15.5 Å². The monoisotopic (exact) mass is 457 g/mol. The molecule has 3 N–H and O–H groups in total. The number of aliphatic hydroxyl groups is 1. The number of allylic oxidation sites excluding steroid dienone is 2. The summed E-state index contributed by atoms with van der Waals surface area (Å²) in [5.74, 6) is -1.22. The fraction of sp³-hybridized carbons (Fsp3) is 0.125. The minimum Gasteiger partial charge on any atom is -0.378 e. The van der Waals surface area contributed by atoms with Crippen LogP contribution in [0.1, 0.15) is 16.8 Å². The first-order valence-electron chi connectivity index (χ1n) is 9.69. The molecule has 9 heteroatoms. The summed E-state index contributed by atoms with van der Waals surface area (Å²) in [5, 5.41) is 19.5. The number of nitrogens with one attached hydrogen (secondary N) is 2. The highest BCUT2D eigenvalue weighted by Gasteiger charge is 2.61. The van der Waals surface area contributed by atoms with Crippen LogP contribution in [0.5, 0.6) is 0 Å². The van der Waals surface area contributed by atoms with Crippen molar-refractivity contribution in [2.24, 2.45) is 0 Å². The molecule has 0 aliphatic carbocycles. The molecule has 4 rings (SSSR count). The van der Waals surface area contributed by atoms with Gasteiger partial charge in [-0.2, -0.15) is 13.9 Å². The Morgan fingerprint density at radius 3 is 2.27 bits per heavy atom. The standard InChI is InChI=1S/C24H16F5N3O/c25-17-6-3-15(4-7-17)1-2-16-5-10-22(30-14-16)24(28,29)23(33,21-11-12-31-32-21)19-9-8-18(26)13-20(19)27/h3-14,22,30,33H,(H,31,32). The van der Waals surface area contributed by atoms with E-state index >= 15 is 8.78 Å². The van der Waals surface area contributed by atoms with Crippen LogP contribution >= 0.6 is 0 Å². The molecule has 0 radical (unpaired) electrons. The van der Waals surface area contributed by atoms with Crippen LogP contribution in [-0.2, 0) is 5.60 Å². The van der Waals surface area contributed by atoms with E-state index in [9.17, 15) is 18.3 Å². The normalized spacial score (nSPS) is 17.4. The zero-order valence-electron chi connectivity index (χ0n) is 16.8. The number of hydrogen-bond acceptors (Lipinski definition) is 3. The van der Waals surface area contributed by atoms with Crippen LogP contribution in [0, 0.1) is 29.3 Å². The maximum atomic E-state index is 15.7. The molecule has 2 atom stereocenters. The molecule has 2 aromatic carbocycles. The van der Waals surface area contributed by atoms with Gasteiger partial charge in [-0.3, -0.25) is 5.10 Å². The Morgan fingerprint density at radius 2 is 1.67 bits per heavy atom. The van der Waals surface area contributed by atoms with E-state index in [1.807, 2.05) is 0 Å². The van der Waals surface area contributed by atoms with Gasteiger partial charge in [0, 0.05) is 35.2 Å². The molecule has 33 heavy (non-hydrogen) atoms. The summed E-state index contributed by atoms with van der Waals surface area (Å²) >= 11 is 0. The highest BCUT2D eigenvalue weighted by atomic mass is 19.3. The number of aromatic nitrogens is 2. The maximum absolute atomic E-state index is 15.7. The summed E-state index contributed by atoms with van der Waals surface area (Å²) in [6, 6.07) is 6.71. The van der Waals surface area contributed by atoms with Crippen molar-refractivity contribution in [2.45, 2.75) is 17.6 Å². The van der Waals surface area contributed by atoms with Crippen molar-refractivity contribution < 1.29 is 27.1 Å². The Morgan fingerprint density at radius 1 is 0.939 bits per heavy atom. The number of H-pyrrole nitrogens is 1. The average molecular weight is 457 g/mol. The fourth-order valence-corrected chi connectivity index (χ4v) is 3.43. The molecule has 0 amide bonds. The summed E-state index contributed by atoms with van der Waals surface area (Å²) in [6.45, 7) is 0. The number of alkyl halides is 2. The van der Waals surface area contributed by atoms with Gasteiger partial charge in [0.05, 0.1) is 5.69 Å². The van der Waals surface area contributed by atoms with E-state index in [0.717, 1.165) is 30.5 Å². The second-order valence-electron chi connectivity index (χ2n) is 7.29. The predicted molar refractivity (Wildman–Crippen MR) is 110 cm³/mol. The number of dihydropyridines is 1. The molecule has 0 fully saturated rings. The summed E-state index contributed by atoms with van der Waals surface area (Å²) in [6.07, 6.45) is 4.76. The van der Waals surface area contributed by atoms with Crippen LogP contribution in [0.15, 0.2) is 78.7 Å². The number of benzene rings is 2. The largest absolute Gasteiger partial charge is 0.378 e. The molecule has 168 valence electrons. The van der Waals surface area contributed by atoms with Gasteiger partial charge in [-0.05, 0) is 48.5 Å². The van der Waals surface area contributed by atoms with Crippen molar-refractivity contribution in [3.05, 3.63) is 113 Å². The third-order valence-corrected chi connectivity index (χ3v) is 5.17. The zero-order chi connectivity index (χ0) is 23.6. The molecular weight excluding hydrogens is 441 g/mol. The molecule has 0 spiro atoms. The third kappa shape index (κ3) is 4.13. The number of hydrogen-bond donors (Lipinski definition) is 3. The lowest BCUT2D eigenvalue weighted by Crippen LogP contribution is -2.57. The lowest BCUT2D eigenvalue weighted by atomic mass is 9.80. The molecule has 0 saturated heterocycles. The SMILES string of the molecule is OC(c1ccn[nH]1)(c1ccc(F)cc1F)C(F)(F)C1C=CC(C#Cc2ccc(F)cc2)=CN1. The van der Waals surface area contributed by atoms with E-state index in [1.165, 1.54) is 36.5 Å². The highest BCUT2D eigenvalue weighted by Crippen LogP contribution is 2.46. The fourth-order valence-electron chi connectivity index (χ4n) is 3.43. The maximum Gasteiger partial charge on any atom is 0.309 e. The van der Waals surface area contributed by atoms with Crippen LogP contribution in [0.4, 0.5) is 22.0 Å². The van der Waals surface area contributed by atoms with Gasteiger partial charge in [-0.15, -0.1) is 0 Å². The van der Waals surface area contributed by atoms with Crippen LogP contribution in [0.2, 0.25) is 0 Å². The van der Waals surface area contributed by atoms with Crippen LogP contribution < -0.4 is 5.32 Å². The summed E-state index contributed by atoms with van der Waals surface area (Å²) in [7, 11) is 0. The first-order valence-corrected chi connectivity index (χ1v) is 9.69. The van der Waals surface area contributed by atoms with Gasteiger partial charge in [0.25, 0.3) is 0 Å². The predicted octanol–water partition coefficient (Wildman–Crippen LogP) is 4.16. The van der Waals surface area contributed by atoms with Gasteiger partial charge in [0.2, 0.25) is 5.60 Å². The topological polar surface area (TPSA) is 60.9 Å². The van der Waals surface area contributed by atoms with Crippen molar-refractivity contribution in [3.63, 3.8) is 0 Å². The van der Waals surface area contributed by atoms with E-state index < -0.39 is 46.3 Å². The van der Waals surface area contributed by atoms with Crippen LogP contribution in [-0.4, -0.2) is 27.3 Å². The molecule has 1 aliphatic heterocycles. The van der Waals surface area contributed by atoms with E-state index in [0.29, 0.717) is 17.2 Å². The Balaban J connectivity index is 1.65. The first-order chi connectivity index (χ1) is 15.7. The Labute approximate surface area is 185 Å². The Hall–Kier alpha value is -3.90. The lowest BCUT2D eigenvalue weighted by molar-refractivity contribution is -0.177. The van der Waals surface area contributed by atoms with Crippen molar-refractivity contribution in [2.75, 3.05) is 0 Å².